The Kier molecular flexibility index (Phi) is 3.39. The molecule has 0 aliphatic heterocycles. The van der Waals surface area contributed by atoms with Crippen LogP contribution in [0.3, 0.4) is 0 Å². The van der Waals surface area contributed by atoms with Crippen molar-refractivity contribution >= 4 is 5.78 Å². The molecule has 0 aromatic heterocycles. The Morgan fingerprint density at radius 2 is 1.93 bits per heavy atom. The number of hydrogen-bond donors (Lipinski definition) is 0. The first-order chi connectivity index (χ1) is 6.99. The summed E-state index contributed by atoms with van der Waals surface area (Å²) in [5, 5.41) is 0. The molecule has 2 nitrogen and oxygen atoms in total. The summed E-state index contributed by atoms with van der Waals surface area (Å²) in [4.78, 5) is 11.6. The van der Waals surface area contributed by atoms with Crippen LogP contribution in [0.5, 0.6) is 5.75 Å². The average molecular weight is 214 g/mol. The third-order valence-electron chi connectivity index (χ3n) is 2.04. The minimum absolute atomic E-state index is 0.0754. The predicted molar refractivity (Wildman–Crippen MR) is 52.1 cm³/mol. The molecule has 1 aromatic carbocycles. The third-order valence-corrected chi connectivity index (χ3v) is 2.04. The predicted octanol–water partition coefficient (Wildman–Crippen LogP) is 2.81. The topological polar surface area (TPSA) is 26.3 Å². The van der Waals surface area contributed by atoms with Crippen molar-refractivity contribution in [2.75, 3.05) is 7.11 Å². The summed E-state index contributed by atoms with van der Waals surface area (Å²) in [7, 11) is 1.20. The molecule has 0 aliphatic rings. The van der Waals surface area contributed by atoms with E-state index in [1.165, 1.54) is 13.2 Å². The van der Waals surface area contributed by atoms with Crippen molar-refractivity contribution in [3.63, 3.8) is 0 Å². The molecular formula is C11H12F2O2. The number of halogens is 2. The normalized spacial score (nSPS) is 10.5. The molecule has 82 valence electrons. The van der Waals surface area contributed by atoms with Crippen molar-refractivity contribution in [2.45, 2.75) is 13.8 Å². The second kappa shape index (κ2) is 4.38. The molecule has 0 spiro atoms. The van der Waals surface area contributed by atoms with Crippen LogP contribution in [0.1, 0.15) is 24.2 Å². The van der Waals surface area contributed by atoms with Crippen LogP contribution in [0.15, 0.2) is 12.1 Å². The lowest BCUT2D eigenvalue weighted by Gasteiger charge is -2.10. The van der Waals surface area contributed by atoms with Crippen LogP contribution >= 0.6 is 0 Å². The summed E-state index contributed by atoms with van der Waals surface area (Å²) in [6, 6.07) is 2.16. The number of ketones is 1. The zero-order chi connectivity index (χ0) is 11.6. The third kappa shape index (κ3) is 2.14. The molecule has 0 saturated heterocycles. The number of carbonyl (C=O) groups excluding carboxylic acids is 1. The molecular weight excluding hydrogens is 202 g/mol. The van der Waals surface area contributed by atoms with Gasteiger partial charge in [0.05, 0.1) is 12.7 Å². The lowest BCUT2D eigenvalue weighted by atomic mass is 10.00. The zero-order valence-electron chi connectivity index (χ0n) is 8.80. The Hall–Kier alpha value is -1.45. The summed E-state index contributed by atoms with van der Waals surface area (Å²) in [5.74, 6) is -3.03. The first-order valence-corrected chi connectivity index (χ1v) is 4.55. The molecule has 0 saturated carbocycles. The highest BCUT2D eigenvalue weighted by atomic mass is 19.2. The van der Waals surface area contributed by atoms with E-state index in [0.29, 0.717) is 0 Å². The molecule has 1 aromatic rings. The Labute approximate surface area is 86.9 Å². The van der Waals surface area contributed by atoms with Gasteiger partial charge in [-0.3, -0.25) is 4.79 Å². The van der Waals surface area contributed by atoms with Gasteiger partial charge in [-0.15, -0.1) is 0 Å². The summed E-state index contributed by atoms with van der Waals surface area (Å²) in [6.07, 6.45) is 0. The van der Waals surface area contributed by atoms with Gasteiger partial charge < -0.3 is 4.74 Å². The summed E-state index contributed by atoms with van der Waals surface area (Å²) in [5.41, 5.74) is 0.0754. The molecule has 15 heavy (non-hydrogen) atoms. The number of benzene rings is 1. The SMILES string of the molecule is COc1c(C(=O)C(C)C)ccc(F)c1F. The molecule has 1 rings (SSSR count). The van der Waals surface area contributed by atoms with Gasteiger partial charge in [0.15, 0.2) is 17.3 Å². The number of hydrogen-bond acceptors (Lipinski definition) is 2. The second-order valence-electron chi connectivity index (χ2n) is 3.46. The van der Waals surface area contributed by atoms with Gasteiger partial charge in [-0.1, -0.05) is 13.8 Å². The van der Waals surface area contributed by atoms with Gasteiger partial charge in [0.25, 0.3) is 0 Å². The highest BCUT2D eigenvalue weighted by Crippen LogP contribution is 2.26. The Morgan fingerprint density at radius 3 is 2.40 bits per heavy atom. The maximum Gasteiger partial charge on any atom is 0.201 e. The maximum atomic E-state index is 13.2. The molecule has 0 atom stereocenters. The van der Waals surface area contributed by atoms with Crippen molar-refractivity contribution in [3.05, 3.63) is 29.3 Å². The zero-order valence-corrected chi connectivity index (χ0v) is 8.80. The van der Waals surface area contributed by atoms with Crippen LogP contribution in [0.2, 0.25) is 0 Å². The van der Waals surface area contributed by atoms with E-state index in [0.717, 1.165) is 6.07 Å². The molecule has 0 bridgehead atoms. The second-order valence-corrected chi connectivity index (χ2v) is 3.46. The molecule has 0 radical (unpaired) electrons. The largest absolute Gasteiger partial charge is 0.493 e. The smallest absolute Gasteiger partial charge is 0.201 e. The van der Waals surface area contributed by atoms with E-state index in [4.69, 9.17) is 4.74 Å². The number of rotatable bonds is 3. The highest BCUT2D eigenvalue weighted by molar-refractivity contribution is 5.99. The Balaban J connectivity index is 3.31. The van der Waals surface area contributed by atoms with Crippen molar-refractivity contribution in [2.24, 2.45) is 5.92 Å². The molecule has 4 heteroatoms. The van der Waals surface area contributed by atoms with Crippen molar-refractivity contribution in [3.8, 4) is 5.75 Å². The van der Waals surface area contributed by atoms with Crippen molar-refractivity contribution in [1.29, 1.82) is 0 Å². The highest BCUT2D eigenvalue weighted by Gasteiger charge is 2.20. The van der Waals surface area contributed by atoms with E-state index in [-0.39, 0.29) is 23.0 Å². The fraction of sp³-hybridized carbons (Fsp3) is 0.364. The monoisotopic (exact) mass is 214 g/mol. The Bertz CT molecular complexity index is 386. The van der Waals surface area contributed by atoms with E-state index in [2.05, 4.69) is 0 Å². The Morgan fingerprint density at radius 1 is 1.33 bits per heavy atom. The van der Waals surface area contributed by atoms with E-state index < -0.39 is 11.6 Å². The minimum Gasteiger partial charge on any atom is -0.493 e. The summed E-state index contributed by atoms with van der Waals surface area (Å²) < 4.78 is 30.8. The molecule has 0 N–H and O–H groups in total. The summed E-state index contributed by atoms with van der Waals surface area (Å²) in [6.45, 7) is 3.37. The van der Waals surface area contributed by atoms with Gasteiger partial charge in [-0.25, -0.2) is 4.39 Å². The minimum atomic E-state index is -1.12. The van der Waals surface area contributed by atoms with E-state index in [1.54, 1.807) is 13.8 Å². The maximum absolute atomic E-state index is 13.2. The summed E-state index contributed by atoms with van der Waals surface area (Å²) >= 11 is 0. The van der Waals surface area contributed by atoms with Crippen molar-refractivity contribution in [1.82, 2.24) is 0 Å². The van der Waals surface area contributed by atoms with E-state index >= 15 is 0 Å². The van der Waals surface area contributed by atoms with Crippen LogP contribution in [0, 0.1) is 17.6 Å². The van der Waals surface area contributed by atoms with E-state index in [9.17, 15) is 13.6 Å². The molecule has 0 aliphatic carbocycles. The number of Topliss-reactive ketones (excluding diaryl/α,β-unsaturated/α-hetero) is 1. The lowest BCUT2D eigenvalue weighted by Crippen LogP contribution is -2.10. The van der Waals surface area contributed by atoms with Crippen molar-refractivity contribution < 1.29 is 18.3 Å². The fourth-order valence-corrected chi connectivity index (χ4v) is 1.24. The molecule has 0 heterocycles. The molecule has 0 fully saturated rings. The first-order valence-electron chi connectivity index (χ1n) is 4.55. The lowest BCUT2D eigenvalue weighted by molar-refractivity contribution is 0.0935. The van der Waals surface area contributed by atoms with Gasteiger partial charge >= 0.3 is 0 Å². The van der Waals surface area contributed by atoms with Crippen LogP contribution in [-0.4, -0.2) is 12.9 Å². The van der Waals surface area contributed by atoms with Gasteiger partial charge in [0, 0.05) is 5.92 Å². The molecule has 0 amide bonds. The van der Waals surface area contributed by atoms with Crippen LogP contribution in [-0.2, 0) is 0 Å². The van der Waals surface area contributed by atoms with Crippen LogP contribution in [0.4, 0.5) is 8.78 Å². The van der Waals surface area contributed by atoms with E-state index in [1.807, 2.05) is 0 Å². The number of methoxy groups -OCH3 is 1. The average Bonchev–Trinajstić information content (AvgIpc) is 2.20. The first kappa shape index (κ1) is 11.6. The number of ether oxygens (including phenoxy) is 1. The van der Waals surface area contributed by atoms with Crippen LogP contribution < -0.4 is 4.74 Å². The number of carbonyl (C=O) groups is 1. The van der Waals surface area contributed by atoms with Gasteiger partial charge in [-0.2, -0.15) is 4.39 Å². The fourth-order valence-electron chi connectivity index (χ4n) is 1.24. The standard InChI is InChI=1S/C11H12F2O2/c1-6(2)10(14)7-4-5-8(12)9(13)11(7)15-3/h4-6H,1-3H3. The molecule has 0 unspecified atom stereocenters. The van der Waals surface area contributed by atoms with Crippen LogP contribution in [0.25, 0.3) is 0 Å². The van der Waals surface area contributed by atoms with Gasteiger partial charge in [0.2, 0.25) is 5.82 Å². The quantitative estimate of drug-likeness (QED) is 0.723. The van der Waals surface area contributed by atoms with Gasteiger partial charge in [-0.05, 0) is 12.1 Å². The van der Waals surface area contributed by atoms with Gasteiger partial charge in [0.1, 0.15) is 0 Å².